The van der Waals surface area contributed by atoms with Gasteiger partial charge in [-0.25, -0.2) is 4.39 Å². The predicted molar refractivity (Wildman–Crippen MR) is 70.3 cm³/mol. The summed E-state index contributed by atoms with van der Waals surface area (Å²) in [7, 11) is 1.72. The van der Waals surface area contributed by atoms with Gasteiger partial charge in [-0.3, -0.25) is 4.79 Å². The second-order valence-electron chi connectivity index (χ2n) is 4.73. The third-order valence-electron chi connectivity index (χ3n) is 3.25. The fourth-order valence-corrected chi connectivity index (χ4v) is 1.69. The topological polar surface area (TPSA) is 46.3 Å². The summed E-state index contributed by atoms with van der Waals surface area (Å²) in [6.07, 6.45) is 0.872. The van der Waals surface area contributed by atoms with Crippen LogP contribution in [0.5, 0.6) is 0 Å². The van der Waals surface area contributed by atoms with Crippen LogP contribution in [0.1, 0.15) is 25.8 Å². The Kier molecular flexibility index (Phi) is 5.28. The van der Waals surface area contributed by atoms with E-state index >= 15 is 0 Å². The number of carbonyl (C=O) groups is 1. The number of rotatable bonds is 5. The third kappa shape index (κ3) is 3.81. The number of nitrogens with zero attached hydrogens (tertiary/aromatic N) is 1. The van der Waals surface area contributed by atoms with Crippen molar-refractivity contribution >= 4 is 5.91 Å². The van der Waals surface area contributed by atoms with Crippen molar-refractivity contribution < 1.29 is 9.18 Å². The van der Waals surface area contributed by atoms with Crippen molar-refractivity contribution in [3.63, 3.8) is 0 Å². The Balaban J connectivity index is 2.62. The van der Waals surface area contributed by atoms with Crippen molar-refractivity contribution in [2.75, 3.05) is 7.05 Å². The molecule has 18 heavy (non-hydrogen) atoms. The Morgan fingerprint density at radius 3 is 2.44 bits per heavy atom. The van der Waals surface area contributed by atoms with Crippen LogP contribution < -0.4 is 5.73 Å². The number of likely N-dealkylation sites (N-methyl/N-ethyl adjacent to an activating group) is 1. The summed E-state index contributed by atoms with van der Waals surface area (Å²) in [5, 5.41) is 0. The number of nitrogens with two attached hydrogens (primary N) is 1. The van der Waals surface area contributed by atoms with Gasteiger partial charge in [0.25, 0.3) is 0 Å². The van der Waals surface area contributed by atoms with Crippen molar-refractivity contribution in [3.8, 4) is 0 Å². The summed E-state index contributed by atoms with van der Waals surface area (Å²) in [6.45, 7) is 4.43. The lowest BCUT2D eigenvalue weighted by Crippen LogP contribution is -2.45. The van der Waals surface area contributed by atoms with Crippen LogP contribution in [0.3, 0.4) is 0 Å². The fraction of sp³-hybridized carbons (Fsp3) is 0.500. The van der Waals surface area contributed by atoms with Gasteiger partial charge < -0.3 is 10.6 Å². The molecule has 2 atom stereocenters. The number of benzene rings is 1. The van der Waals surface area contributed by atoms with Gasteiger partial charge in [0.15, 0.2) is 0 Å². The molecule has 0 radical (unpaired) electrons. The van der Waals surface area contributed by atoms with Crippen LogP contribution in [-0.2, 0) is 11.3 Å². The van der Waals surface area contributed by atoms with Crippen molar-refractivity contribution in [3.05, 3.63) is 35.6 Å². The van der Waals surface area contributed by atoms with Gasteiger partial charge in [0.1, 0.15) is 5.82 Å². The van der Waals surface area contributed by atoms with Gasteiger partial charge in [-0.15, -0.1) is 0 Å². The van der Waals surface area contributed by atoms with E-state index in [0.29, 0.717) is 6.54 Å². The number of amides is 1. The first-order valence-electron chi connectivity index (χ1n) is 6.20. The Labute approximate surface area is 108 Å². The fourth-order valence-electron chi connectivity index (χ4n) is 1.69. The molecule has 0 unspecified atom stereocenters. The number of halogens is 1. The van der Waals surface area contributed by atoms with Gasteiger partial charge >= 0.3 is 0 Å². The molecule has 1 aromatic carbocycles. The zero-order valence-electron chi connectivity index (χ0n) is 11.2. The van der Waals surface area contributed by atoms with Crippen LogP contribution >= 0.6 is 0 Å². The first-order chi connectivity index (χ1) is 8.45. The molecule has 0 heterocycles. The summed E-state index contributed by atoms with van der Waals surface area (Å²) in [6, 6.07) is 5.66. The van der Waals surface area contributed by atoms with Gasteiger partial charge in [0, 0.05) is 13.6 Å². The van der Waals surface area contributed by atoms with E-state index in [1.54, 1.807) is 24.1 Å². The third-order valence-corrected chi connectivity index (χ3v) is 3.25. The molecule has 0 spiro atoms. The number of hydrogen-bond acceptors (Lipinski definition) is 2. The summed E-state index contributed by atoms with van der Waals surface area (Å²) < 4.78 is 12.8. The quantitative estimate of drug-likeness (QED) is 0.873. The molecule has 1 rings (SSSR count). The first kappa shape index (κ1) is 14.6. The zero-order valence-corrected chi connectivity index (χ0v) is 11.2. The minimum absolute atomic E-state index is 0.0753. The molecule has 1 amide bonds. The number of carbonyl (C=O) groups excluding carboxylic acids is 1. The van der Waals surface area contributed by atoms with Gasteiger partial charge in [0.05, 0.1) is 6.04 Å². The lowest BCUT2D eigenvalue weighted by atomic mass is 9.99. The van der Waals surface area contributed by atoms with E-state index in [1.165, 1.54) is 12.1 Å². The molecule has 2 N–H and O–H groups in total. The molecule has 0 saturated heterocycles. The highest BCUT2D eigenvalue weighted by molar-refractivity contribution is 5.81. The highest BCUT2D eigenvalue weighted by atomic mass is 19.1. The van der Waals surface area contributed by atoms with Crippen LogP contribution in [0.2, 0.25) is 0 Å². The Bertz CT molecular complexity index is 391. The molecule has 0 aromatic heterocycles. The Morgan fingerprint density at radius 1 is 1.39 bits per heavy atom. The predicted octanol–water partition coefficient (Wildman–Crippen LogP) is 2.16. The van der Waals surface area contributed by atoms with Crippen LogP contribution in [0.4, 0.5) is 4.39 Å². The van der Waals surface area contributed by atoms with Crippen LogP contribution in [-0.4, -0.2) is 23.9 Å². The van der Waals surface area contributed by atoms with Crippen LogP contribution in [0.15, 0.2) is 24.3 Å². The molecule has 100 valence electrons. The van der Waals surface area contributed by atoms with E-state index < -0.39 is 6.04 Å². The molecule has 0 bridgehead atoms. The maximum Gasteiger partial charge on any atom is 0.239 e. The molecular formula is C14H21FN2O. The zero-order chi connectivity index (χ0) is 13.7. The largest absolute Gasteiger partial charge is 0.340 e. The van der Waals surface area contributed by atoms with E-state index in [1.807, 2.05) is 13.8 Å². The lowest BCUT2D eigenvalue weighted by molar-refractivity contribution is -0.132. The van der Waals surface area contributed by atoms with E-state index in [4.69, 9.17) is 5.73 Å². The molecule has 4 heteroatoms. The number of hydrogen-bond donors (Lipinski definition) is 1. The van der Waals surface area contributed by atoms with Gasteiger partial charge in [0.2, 0.25) is 5.91 Å². The van der Waals surface area contributed by atoms with Gasteiger partial charge in [-0.1, -0.05) is 32.4 Å². The average molecular weight is 252 g/mol. The molecule has 0 aliphatic rings. The maximum absolute atomic E-state index is 12.8. The van der Waals surface area contributed by atoms with Gasteiger partial charge in [-0.05, 0) is 23.6 Å². The summed E-state index contributed by atoms with van der Waals surface area (Å²) in [5.74, 6) is -0.189. The normalized spacial score (nSPS) is 14.1. The molecule has 1 aromatic rings. The minimum Gasteiger partial charge on any atom is -0.340 e. The van der Waals surface area contributed by atoms with E-state index in [0.717, 1.165) is 12.0 Å². The highest BCUT2D eigenvalue weighted by Crippen LogP contribution is 2.10. The SMILES string of the molecule is CC[C@H](C)[C@H](N)C(=O)N(C)Cc1ccc(F)cc1. The molecule has 3 nitrogen and oxygen atoms in total. The average Bonchev–Trinajstić information content (AvgIpc) is 2.38. The maximum atomic E-state index is 12.8. The van der Waals surface area contributed by atoms with Crippen LogP contribution in [0.25, 0.3) is 0 Å². The molecule has 0 saturated carbocycles. The summed E-state index contributed by atoms with van der Waals surface area (Å²) in [4.78, 5) is 13.6. The van der Waals surface area contributed by atoms with Crippen molar-refractivity contribution in [1.82, 2.24) is 4.90 Å². The minimum atomic E-state index is -0.472. The van der Waals surface area contributed by atoms with Crippen molar-refractivity contribution in [2.45, 2.75) is 32.9 Å². The van der Waals surface area contributed by atoms with E-state index in [9.17, 15) is 9.18 Å². The standard InChI is InChI=1S/C14H21FN2O/c1-4-10(2)13(16)14(18)17(3)9-11-5-7-12(15)8-6-11/h5-8,10,13H,4,9,16H2,1-3H3/t10-,13-/m0/s1. The second kappa shape index (κ2) is 6.50. The molecule has 0 aliphatic carbocycles. The highest BCUT2D eigenvalue weighted by Gasteiger charge is 2.22. The Hall–Kier alpha value is -1.42. The molecule has 0 fully saturated rings. The summed E-state index contributed by atoms with van der Waals surface area (Å²) >= 11 is 0. The molecular weight excluding hydrogens is 231 g/mol. The van der Waals surface area contributed by atoms with E-state index in [-0.39, 0.29) is 17.6 Å². The Morgan fingerprint density at radius 2 is 1.94 bits per heavy atom. The summed E-state index contributed by atoms with van der Waals surface area (Å²) in [5.41, 5.74) is 6.79. The van der Waals surface area contributed by atoms with Gasteiger partial charge in [-0.2, -0.15) is 0 Å². The van der Waals surface area contributed by atoms with Crippen LogP contribution in [0, 0.1) is 11.7 Å². The van der Waals surface area contributed by atoms with Crippen molar-refractivity contribution in [2.24, 2.45) is 11.7 Å². The van der Waals surface area contributed by atoms with Crippen molar-refractivity contribution in [1.29, 1.82) is 0 Å². The molecule has 0 aliphatic heterocycles. The van der Waals surface area contributed by atoms with E-state index in [2.05, 4.69) is 0 Å². The lowest BCUT2D eigenvalue weighted by Gasteiger charge is -2.24. The monoisotopic (exact) mass is 252 g/mol. The smallest absolute Gasteiger partial charge is 0.239 e. The first-order valence-corrected chi connectivity index (χ1v) is 6.20. The second-order valence-corrected chi connectivity index (χ2v) is 4.73.